The molecule has 0 radical (unpaired) electrons. The number of carbonyl (C=O) groups excluding carboxylic acids is 1. The summed E-state index contributed by atoms with van der Waals surface area (Å²) < 4.78 is 52.6. The smallest absolute Gasteiger partial charge is 0.284 e. The molecule has 0 aliphatic heterocycles. The van der Waals surface area contributed by atoms with Crippen LogP contribution in [-0.2, 0) is 21.9 Å². The molecule has 0 fully saturated rings. The van der Waals surface area contributed by atoms with Crippen LogP contribution in [0.15, 0.2) is 41.4 Å². The van der Waals surface area contributed by atoms with Gasteiger partial charge in [-0.2, -0.15) is 5.10 Å². The molecule has 0 aliphatic rings. The Morgan fingerprint density at radius 3 is 2.57 bits per heavy atom. The number of carbonyl (C=O) groups is 1. The number of halogens is 2. The van der Waals surface area contributed by atoms with E-state index in [9.17, 15) is 22.0 Å². The normalized spacial score (nSPS) is 11.7. The number of benzene rings is 1. The van der Waals surface area contributed by atoms with Crippen molar-refractivity contribution in [3.05, 3.63) is 42.2 Å². The van der Waals surface area contributed by atoms with Crippen molar-refractivity contribution < 1.29 is 22.0 Å². The van der Waals surface area contributed by atoms with Gasteiger partial charge in [-0.15, -0.1) is 0 Å². The van der Waals surface area contributed by atoms with Crippen molar-refractivity contribution in [3.63, 3.8) is 0 Å². The molecule has 1 heterocycles. The molecule has 2 rings (SSSR count). The Labute approximate surface area is 131 Å². The number of nitrogens with zero attached hydrogens (tertiary/aromatic N) is 2. The maximum atomic E-state index is 12.7. The summed E-state index contributed by atoms with van der Waals surface area (Å²) in [5.74, 6) is -0.778. The average Bonchev–Trinajstić information content (AvgIpc) is 2.87. The Morgan fingerprint density at radius 2 is 1.96 bits per heavy atom. The molecule has 0 atom stereocenters. The van der Waals surface area contributed by atoms with E-state index in [1.54, 1.807) is 18.2 Å². The number of sulfonamides is 1. The van der Waals surface area contributed by atoms with Gasteiger partial charge < -0.3 is 5.32 Å². The molecule has 1 amide bonds. The van der Waals surface area contributed by atoms with Crippen LogP contribution in [0.3, 0.4) is 0 Å². The van der Waals surface area contributed by atoms with Gasteiger partial charge in [-0.3, -0.25) is 9.48 Å². The van der Waals surface area contributed by atoms with E-state index in [2.05, 4.69) is 15.1 Å². The fourth-order valence-electron chi connectivity index (χ4n) is 1.80. The first-order chi connectivity index (χ1) is 10.8. The Hall–Kier alpha value is -2.33. The van der Waals surface area contributed by atoms with E-state index in [1.165, 1.54) is 25.4 Å². The van der Waals surface area contributed by atoms with Gasteiger partial charge in [0, 0.05) is 13.2 Å². The fourth-order valence-corrected chi connectivity index (χ4v) is 2.80. The first-order valence-corrected chi connectivity index (χ1v) is 7.94. The van der Waals surface area contributed by atoms with E-state index in [0.717, 1.165) is 4.68 Å². The summed E-state index contributed by atoms with van der Waals surface area (Å²) in [5.41, 5.74) is -0.738. The third-order valence-electron chi connectivity index (χ3n) is 2.81. The predicted octanol–water partition coefficient (Wildman–Crippen LogP) is 1.27. The van der Waals surface area contributed by atoms with Crippen LogP contribution in [0.25, 0.3) is 0 Å². The summed E-state index contributed by atoms with van der Waals surface area (Å²) in [5, 5.41) is 5.74. The van der Waals surface area contributed by atoms with Gasteiger partial charge in [-0.1, -0.05) is 18.2 Å². The quantitative estimate of drug-likeness (QED) is 0.825. The van der Waals surface area contributed by atoms with Gasteiger partial charge in [0.25, 0.3) is 6.43 Å². The number of nitrogens with one attached hydrogen (secondary N) is 2. The van der Waals surface area contributed by atoms with Crippen LogP contribution < -0.4 is 10.0 Å². The second kappa shape index (κ2) is 6.84. The Bertz CT molecular complexity index is 791. The van der Waals surface area contributed by atoms with Crippen molar-refractivity contribution >= 4 is 21.6 Å². The molecule has 0 unspecified atom stereocenters. The third-order valence-corrected chi connectivity index (χ3v) is 4.23. The van der Waals surface area contributed by atoms with Gasteiger partial charge in [0.15, 0.2) is 5.69 Å². The highest BCUT2D eigenvalue weighted by Gasteiger charge is 2.20. The van der Waals surface area contributed by atoms with Crippen molar-refractivity contribution in [1.29, 1.82) is 0 Å². The Morgan fingerprint density at radius 1 is 1.30 bits per heavy atom. The first kappa shape index (κ1) is 17.0. The molecule has 1 aromatic heterocycles. The van der Waals surface area contributed by atoms with Gasteiger partial charge in [0.1, 0.15) is 0 Å². The molecule has 10 heteroatoms. The highest BCUT2D eigenvalue weighted by atomic mass is 32.2. The van der Waals surface area contributed by atoms with E-state index in [1.807, 2.05) is 0 Å². The van der Waals surface area contributed by atoms with Crippen LogP contribution in [0.2, 0.25) is 0 Å². The summed E-state index contributed by atoms with van der Waals surface area (Å²) in [6, 6.07) is 7.48. The van der Waals surface area contributed by atoms with Gasteiger partial charge in [0.2, 0.25) is 15.9 Å². The molecule has 2 aromatic rings. The molecule has 0 saturated heterocycles. The number of anilines is 1. The summed E-state index contributed by atoms with van der Waals surface area (Å²) in [7, 11) is -2.42. The van der Waals surface area contributed by atoms with Crippen LogP contribution in [0.4, 0.5) is 14.5 Å². The van der Waals surface area contributed by atoms with Crippen LogP contribution in [0, 0.1) is 0 Å². The molecule has 124 valence electrons. The Kier molecular flexibility index (Phi) is 5.06. The van der Waals surface area contributed by atoms with Gasteiger partial charge in [0.05, 0.1) is 17.1 Å². The van der Waals surface area contributed by atoms with Crippen molar-refractivity contribution in [2.45, 2.75) is 11.3 Å². The molecular formula is C13H14F2N4O3S. The van der Waals surface area contributed by atoms with Crippen molar-refractivity contribution in [1.82, 2.24) is 14.5 Å². The van der Waals surface area contributed by atoms with Gasteiger partial charge in [-0.25, -0.2) is 21.9 Å². The number of rotatable bonds is 6. The van der Waals surface area contributed by atoms with Gasteiger partial charge in [-0.05, 0) is 12.1 Å². The van der Waals surface area contributed by atoms with Crippen molar-refractivity contribution in [2.24, 2.45) is 7.05 Å². The summed E-state index contributed by atoms with van der Waals surface area (Å²) in [6.07, 6.45) is -1.64. The van der Waals surface area contributed by atoms with E-state index in [0.29, 0.717) is 0 Å². The van der Waals surface area contributed by atoms with E-state index < -0.39 is 34.6 Å². The molecule has 0 bridgehead atoms. The molecule has 1 aromatic carbocycles. The second-order valence-corrected chi connectivity index (χ2v) is 6.36. The minimum absolute atomic E-state index is 0.00227. The maximum Gasteiger partial charge on any atom is 0.284 e. The lowest BCUT2D eigenvalue weighted by Crippen LogP contribution is -2.33. The minimum Gasteiger partial charge on any atom is -0.322 e. The number of hydrogen-bond acceptors (Lipinski definition) is 4. The lowest BCUT2D eigenvalue weighted by atomic mass is 10.3. The topological polar surface area (TPSA) is 93.1 Å². The van der Waals surface area contributed by atoms with Crippen molar-refractivity contribution in [2.75, 3.05) is 11.9 Å². The molecule has 0 spiro atoms. The number of amides is 1. The number of aryl methyl sites for hydroxylation is 1. The lowest BCUT2D eigenvalue weighted by Gasteiger charge is -2.07. The number of aromatic nitrogens is 2. The van der Waals surface area contributed by atoms with E-state index in [-0.39, 0.29) is 10.6 Å². The van der Waals surface area contributed by atoms with Gasteiger partial charge >= 0.3 is 0 Å². The van der Waals surface area contributed by atoms with E-state index >= 15 is 0 Å². The van der Waals surface area contributed by atoms with Crippen LogP contribution in [0.5, 0.6) is 0 Å². The zero-order valence-corrected chi connectivity index (χ0v) is 12.8. The SMILES string of the molecule is Cn1cc(NC(=O)CNS(=O)(=O)c2ccccc2)c(C(F)F)n1. The third kappa shape index (κ3) is 4.33. The largest absolute Gasteiger partial charge is 0.322 e. The average molecular weight is 344 g/mol. The maximum absolute atomic E-state index is 12.7. The number of alkyl halides is 2. The molecule has 0 aliphatic carbocycles. The summed E-state index contributed by atoms with van der Waals surface area (Å²) in [6.45, 7) is -0.588. The highest BCUT2D eigenvalue weighted by Crippen LogP contribution is 2.24. The lowest BCUT2D eigenvalue weighted by molar-refractivity contribution is -0.115. The predicted molar refractivity (Wildman–Crippen MR) is 78.4 cm³/mol. The summed E-state index contributed by atoms with van der Waals surface area (Å²) >= 11 is 0. The van der Waals surface area contributed by atoms with E-state index in [4.69, 9.17) is 0 Å². The standard InChI is InChI=1S/C13H14F2N4O3S/c1-19-8-10(12(18-19)13(14)15)17-11(20)7-16-23(21,22)9-5-3-2-4-6-9/h2-6,8,13,16H,7H2,1H3,(H,17,20). The Balaban J connectivity index is 2.01. The zero-order chi connectivity index (χ0) is 17.0. The second-order valence-electron chi connectivity index (χ2n) is 4.59. The molecule has 7 nitrogen and oxygen atoms in total. The van der Waals surface area contributed by atoms with Crippen LogP contribution >= 0.6 is 0 Å². The molecule has 0 saturated carbocycles. The monoisotopic (exact) mass is 344 g/mol. The highest BCUT2D eigenvalue weighted by molar-refractivity contribution is 7.89. The fraction of sp³-hybridized carbons (Fsp3) is 0.231. The van der Waals surface area contributed by atoms with Crippen LogP contribution in [0.1, 0.15) is 12.1 Å². The number of hydrogen-bond donors (Lipinski definition) is 2. The first-order valence-electron chi connectivity index (χ1n) is 6.46. The molecule has 23 heavy (non-hydrogen) atoms. The molecular weight excluding hydrogens is 330 g/mol. The van der Waals surface area contributed by atoms with Crippen molar-refractivity contribution in [3.8, 4) is 0 Å². The minimum atomic E-state index is -3.85. The zero-order valence-electron chi connectivity index (χ0n) is 12.0. The summed E-state index contributed by atoms with van der Waals surface area (Å²) in [4.78, 5) is 11.8. The van der Waals surface area contributed by atoms with Crippen LogP contribution in [-0.4, -0.2) is 30.7 Å². The molecule has 2 N–H and O–H groups in total.